The lowest BCUT2D eigenvalue weighted by Gasteiger charge is -2.19. The molecule has 94 valence electrons. The number of hydrogen-bond acceptors (Lipinski definition) is 5. The van der Waals surface area contributed by atoms with Crippen molar-refractivity contribution in [3.05, 3.63) is 10.5 Å². The van der Waals surface area contributed by atoms with Gasteiger partial charge in [0.2, 0.25) is 0 Å². The monoisotopic (exact) mass is 255 g/mol. The number of thioether (sulfide) groups is 1. The number of H-pyrrole nitrogens is 1. The molecule has 17 heavy (non-hydrogen) atoms. The highest BCUT2D eigenvalue weighted by Gasteiger charge is 2.23. The number of hydrogen-bond donors (Lipinski definition) is 2. The standard InChI is InChI=1S/C10H17N5OS/c1-4-15-8(16)13-14-9(15)17-7(2)5-10(3,12)6-11/h7H,4-5,12H2,1-3H3,(H,13,16). The van der Waals surface area contributed by atoms with Gasteiger partial charge in [0.25, 0.3) is 0 Å². The molecule has 3 N–H and O–H groups in total. The molecule has 0 radical (unpaired) electrons. The van der Waals surface area contributed by atoms with Crippen LogP contribution in [0, 0.1) is 11.3 Å². The van der Waals surface area contributed by atoms with E-state index in [1.54, 1.807) is 11.5 Å². The van der Waals surface area contributed by atoms with Gasteiger partial charge >= 0.3 is 5.69 Å². The normalized spacial score (nSPS) is 16.2. The molecule has 1 heterocycles. The Labute approximate surface area is 104 Å². The van der Waals surface area contributed by atoms with E-state index in [0.717, 1.165) is 0 Å². The number of nitriles is 1. The molecule has 0 aliphatic rings. The van der Waals surface area contributed by atoms with Crippen molar-refractivity contribution >= 4 is 11.8 Å². The van der Waals surface area contributed by atoms with Crippen LogP contribution in [0.5, 0.6) is 0 Å². The van der Waals surface area contributed by atoms with Gasteiger partial charge < -0.3 is 5.73 Å². The molecule has 0 spiro atoms. The molecule has 0 amide bonds. The smallest absolute Gasteiger partial charge is 0.314 e. The molecule has 0 saturated heterocycles. The Morgan fingerprint density at radius 3 is 2.94 bits per heavy atom. The fraction of sp³-hybridized carbons (Fsp3) is 0.700. The van der Waals surface area contributed by atoms with Gasteiger partial charge in [0, 0.05) is 11.8 Å². The van der Waals surface area contributed by atoms with Gasteiger partial charge in [-0.25, -0.2) is 9.89 Å². The van der Waals surface area contributed by atoms with Crippen LogP contribution in [-0.2, 0) is 6.54 Å². The highest BCUT2D eigenvalue weighted by Crippen LogP contribution is 2.25. The number of nitrogens with one attached hydrogen (secondary N) is 1. The maximum atomic E-state index is 11.3. The molecule has 0 bridgehead atoms. The first kappa shape index (κ1) is 13.8. The third kappa shape index (κ3) is 3.61. The van der Waals surface area contributed by atoms with Crippen LogP contribution in [0.2, 0.25) is 0 Å². The Hall–Kier alpha value is -1.26. The second-order valence-electron chi connectivity index (χ2n) is 4.22. The van der Waals surface area contributed by atoms with E-state index < -0.39 is 5.54 Å². The first-order chi connectivity index (χ1) is 7.89. The summed E-state index contributed by atoms with van der Waals surface area (Å²) in [5, 5.41) is 16.0. The number of aromatic nitrogens is 3. The fourth-order valence-electron chi connectivity index (χ4n) is 1.54. The molecule has 0 aromatic carbocycles. The van der Waals surface area contributed by atoms with Crippen molar-refractivity contribution in [1.82, 2.24) is 14.8 Å². The quantitative estimate of drug-likeness (QED) is 0.754. The minimum absolute atomic E-state index is 0.116. The zero-order valence-corrected chi connectivity index (χ0v) is 11.0. The molecule has 0 fully saturated rings. The van der Waals surface area contributed by atoms with Crippen LogP contribution >= 0.6 is 11.8 Å². The van der Waals surface area contributed by atoms with E-state index in [9.17, 15) is 4.79 Å². The van der Waals surface area contributed by atoms with Crippen molar-refractivity contribution in [1.29, 1.82) is 5.26 Å². The topological polar surface area (TPSA) is 100 Å². The van der Waals surface area contributed by atoms with Crippen molar-refractivity contribution in [2.75, 3.05) is 0 Å². The molecule has 1 aromatic heterocycles. The lowest BCUT2D eigenvalue weighted by Crippen LogP contribution is -2.36. The summed E-state index contributed by atoms with van der Waals surface area (Å²) in [6, 6.07) is 2.06. The summed E-state index contributed by atoms with van der Waals surface area (Å²) < 4.78 is 1.56. The molecule has 2 unspecified atom stereocenters. The average molecular weight is 255 g/mol. The number of nitrogens with two attached hydrogens (primary N) is 1. The van der Waals surface area contributed by atoms with Crippen LogP contribution in [0.15, 0.2) is 9.95 Å². The summed E-state index contributed by atoms with van der Waals surface area (Å²) in [6.07, 6.45) is 0.541. The molecule has 0 aliphatic heterocycles. The van der Waals surface area contributed by atoms with Gasteiger partial charge in [-0.1, -0.05) is 18.7 Å². The van der Waals surface area contributed by atoms with E-state index in [4.69, 9.17) is 11.0 Å². The summed E-state index contributed by atoms with van der Waals surface area (Å²) in [5.41, 5.74) is 4.72. The second kappa shape index (κ2) is 5.38. The highest BCUT2D eigenvalue weighted by atomic mass is 32.2. The highest BCUT2D eigenvalue weighted by molar-refractivity contribution is 7.99. The van der Waals surface area contributed by atoms with E-state index in [0.29, 0.717) is 18.1 Å². The summed E-state index contributed by atoms with van der Waals surface area (Å²) in [5.74, 6) is 0. The van der Waals surface area contributed by atoms with Crippen molar-refractivity contribution in [3.8, 4) is 6.07 Å². The number of rotatable bonds is 5. The second-order valence-corrected chi connectivity index (χ2v) is 5.62. The fourth-order valence-corrected chi connectivity index (χ4v) is 2.76. The summed E-state index contributed by atoms with van der Waals surface area (Å²) >= 11 is 1.45. The van der Waals surface area contributed by atoms with Gasteiger partial charge in [0.05, 0.1) is 6.07 Å². The minimum atomic E-state index is -0.847. The Morgan fingerprint density at radius 1 is 1.76 bits per heavy atom. The maximum absolute atomic E-state index is 11.3. The van der Waals surface area contributed by atoms with E-state index in [2.05, 4.69) is 16.3 Å². The van der Waals surface area contributed by atoms with E-state index >= 15 is 0 Å². The predicted octanol–water partition coefficient (Wildman–Crippen LogP) is 0.703. The van der Waals surface area contributed by atoms with Crippen molar-refractivity contribution < 1.29 is 0 Å². The largest absolute Gasteiger partial charge is 0.343 e. The predicted molar refractivity (Wildman–Crippen MR) is 66.7 cm³/mol. The van der Waals surface area contributed by atoms with Crippen molar-refractivity contribution in [3.63, 3.8) is 0 Å². The summed E-state index contributed by atoms with van der Waals surface area (Å²) in [4.78, 5) is 11.3. The molecular formula is C10H17N5OS. The van der Waals surface area contributed by atoms with Gasteiger partial charge in [-0.2, -0.15) is 5.26 Å². The Balaban J connectivity index is 2.72. The summed E-state index contributed by atoms with van der Waals surface area (Å²) in [6.45, 7) is 6.12. The molecule has 0 aliphatic carbocycles. The van der Waals surface area contributed by atoms with E-state index in [1.165, 1.54) is 11.8 Å². The SMILES string of the molecule is CCn1c(SC(C)CC(C)(N)C#N)n[nH]c1=O. The van der Waals surface area contributed by atoms with Gasteiger partial charge in [0.15, 0.2) is 5.16 Å². The van der Waals surface area contributed by atoms with Crippen LogP contribution < -0.4 is 11.4 Å². The van der Waals surface area contributed by atoms with Crippen LogP contribution in [0.3, 0.4) is 0 Å². The lowest BCUT2D eigenvalue weighted by atomic mass is 10.00. The molecule has 2 atom stereocenters. The molecular weight excluding hydrogens is 238 g/mol. The van der Waals surface area contributed by atoms with Crippen LogP contribution in [-0.4, -0.2) is 25.6 Å². The summed E-state index contributed by atoms with van der Waals surface area (Å²) in [7, 11) is 0. The first-order valence-corrected chi connectivity index (χ1v) is 6.29. The Kier molecular flexibility index (Phi) is 4.37. The molecule has 1 aromatic rings. The average Bonchev–Trinajstić information content (AvgIpc) is 2.58. The third-order valence-corrected chi connectivity index (χ3v) is 3.40. The van der Waals surface area contributed by atoms with Crippen LogP contribution in [0.25, 0.3) is 0 Å². The molecule has 0 saturated carbocycles. The lowest BCUT2D eigenvalue weighted by molar-refractivity contribution is 0.543. The van der Waals surface area contributed by atoms with Gasteiger partial charge in [-0.3, -0.25) is 4.57 Å². The zero-order chi connectivity index (χ0) is 13.1. The Morgan fingerprint density at radius 2 is 2.41 bits per heavy atom. The first-order valence-electron chi connectivity index (χ1n) is 5.41. The van der Waals surface area contributed by atoms with Gasteiger partial charge in [-0.15, -0.1) is 5.10 Å². The van der Waals surface area contributed by atoms with Crippen LogP contribution in [0.1, 0.15) is 27.2 Å². The molecule has 1 rings (SSSR count). The van der Waals surface area contributed by atoms with Crippen LogP contribution in [0.4, 0.5) is 0 Å². The van der Waals surface area contributed by atoms with E-state index in [1.807, 2.05) is 13.8 Å². The molecule has 6 nitrogen and oxygen atoms in total. The minimum Gasteiger partial charge on any atom is -0.314 e. The van der Waals surface area contributed by atoms with Crippen molar-refractivity contribution in [2.24, 2.45) is 5.73 Å². The van der Waals surface area contributed by atoms with E-state index in [-0.39, 0.29) is 10.9 Å². The Bertz CT molecular complexity index is 470. The van der Waals surface area contributed by atoms with Gasteiger partial charge in [0.1, 0.15) is 5.54 Å². The maximum Gasteiger partial charge on any atom is 0.343 e. The number of aromatic amines is 1. The molecule has 7 heteroatoms. The zero-order valence-electron chi connectivity index (χ0n) is 10.2. The number of nitrogens with zero attached hydrogens (tertiary/aromatic N) is 3. The van der Waals surface area contributed by atoms with Gasteiger partial charge in [-0.05, 0) is 20.3 Å². The third-order valence-electron chi connectivity index (χ3n) is 2.31. The van der Waals surface area contributed by atoms with Crippen molar-refractivity contribution in [2.45, 2.75) is 49.7 Å².